The van der Waals surface area contributed by atoms with Crippen LogP contribution in [0.3, 0.4) is 0 Å². The molecule has 2 aromatic rings. The Morgan fingerprint density at radius 3 is 2.26 bits per heavy atom. The Bertz CT molecular complexity index is 1040. The van der Waals surface area contributed by atoms with Gasteiger partial charge >= 0.3 is 5.97 Å². The molecule has 3 N–H and O–H groups in total. The molecule has 2 aliphatic heterocycles. The molecule has 2 saturated heterocycles. The Labute approximate surface area is 223 Å². The van der Waals surface area contributed by atoms with E-state index in [9.17, 15) is 14.7 Å². The molecule has 0 aromatic heterocycles. The summed E-state index contributed by atoms with van der Waals surface area (Å²) in [5.41, 5.74) is 3.75. The van der Waals surface area contributed by atoms with Gasteiger partial charge in [0.1, 0.15) is 0 Å². The van der Waals surface area contributed by atoms with Crippen molar-refractivity contribution in [1.29, 1.82) is 0 Å². The van der Waals surface area contributed by atoms with Gasteiger partial charge in [0.05, 0.1) is 32.0 Å². The van der Waals surface area contributed by atoms with Gasteiger partial charge in [-0.05, 0) is 23.1 Å². The van der Waals surface area contributed by atoms with Crippen molar-refractivity contribution in [2.45, 2.75) is 57.8 Å². The van der Waals surface area contributed by atoms with Gasteiger partial charge in [-0.1, -0.05) is 55.5 Å². The fourth-order valence-corrected chi connectivity index (χ4v) is 4.85. The summed E-state index contributed by atoms with van der Waals surface area (Å²) in [5, 5.41) is 21.0. The van der Waals surface area contributed by atoms with E-state index in [1.165, 1.54) is 0 Å². The topological polar surface area (TPSA) is 118 Å². The highest BCUT2D eigenvalue weighted by Crippen LogP contribution is 2.41. The van der Waals surface area contributed by atoms with Gasteiger partial charge in [-0.25, -0.2) is 0 Å². The molecule has 0 aliphatic carbocycles. The van der Waals surface area contributed by atoms with E-state index in [-0.39, 0.29) is 43.5 Å². The van der Waals surface area contributed by atoms with Crippen LogP contribution in [-0.2, 0) is 37.0 Å². The number of aliphatic carboxylic acids is 1. The van der Waals surface area contributed by atoms with Crippen molar-refractivity contribution in [2.24, 2.45) is 5.92 Å². The average molecular weight is 527 g/mol. The fraction of sp³-hybridized carbons (Fsp3) is 0.517. The quantitative estimate of drug-likeness (QED) is 0.409. The zero-order chi connectivity index (χ0) is 26.9. The SMILES string of the molecule is C[C@H]1[C@@H](CN2CCOCC2)O[C@@H](c2ccc(CNC(=O)CCCC(=O)O)cc2)O[C@H]1c1ccc(CO)cc1. The number of rotatable bonds is 11. The lowest BCUT2D eigenvalue weighted by molar-refractivity contribution is -0.277. The number of carboxylic acid groups (broad SMARTS) is 1. The Balaban J connectivity index is 1.43. The maximum absolute atomic E-state index is 12.0. The number of aliphatic hydroxyl groups excluding tert-OH is 1. The molecule has 9 nitrogen and oxygen atoms in total. The molecule has 206 valence electrons. The maximum Gasteiger partial charge on any atom is 0.303 e. The van der Waals surface area contributed by atoms with Crippen LogP contribution in [0.5, 0.6) is 0 Å². The molecule has 0 saturated carbocycles. The molecule has 2 aliphatic rings. The van der Waals surface area contributed by atoms with Gasteiger partial charge in [-0.3, -0.25) is 14.5 Å². The Morgan fingerprint density at radius 1 is 0.947 bits per heavy atom. The molecule has 0 bridgehead atoms. The van der Waals surface area contributed by atoms with Crippen molar-refractivity contribution in [3.63, 3.8) is 0 Å². The monoisotopic (exact) mass is 526 g/mol. The minimum absolute atomic E-state index is 0.00187. The molecule has 38 heavy (non-hydrogen) atoms. The highest BCUT2D eigenvalue weighted by molar-refractivity contribution is 5.76. The van der Waals surface area contributed by atoms with Crippen molar-refractivity contribution < 1.29 is 34.0 Å². The molecule has 2 fully saturated rings. The normalized spacial score (nSPS) is 24.2. The first-order valence-corrected chi connectivity index (χ1v) is 13.3. The van der Waals surface area contributed by atoms with Crippen molar-refractivity contribution in [3.8, 4) is 0 Å². The van der Waals surface area contributed by atoms with Crippen LogP contribution in [0.15, 0.2) is 48.5 Å². The van der Waals surface area contributed by atoms with E-state index in [4.69, 9.17) is 19.3 Å². The van der Waals surface area contributed by atoms with Crippen LogP contribution < -0.4 is 5.32 Å². The minimum Gasteiger partial charge on any atom is -0.481 e. The number of ether oxygens (including phenoxy) is 3. The van der Waals surface area contributed by atoms with Gasteiger partial charge in [-0.15, -0.1) is 0 Å². The first-order valence-electron chi connectivity index (χ1n) is 13.3. The van der Waals surface area contributed by atoms with Crippen molar-refractivity contribution in [1.82, 2.24) is 10.2 Å². The van der Waals surface area contributed by atoms with Crippen LogP contribution in [0.1, 0.15) is 60.8 Å². The fourth-order valence-electron chi connectivity index (χ4n) is 4.85. The summed E-state index contributed by atoms with van der Waals surface area (Å²) >= 11 is 0. The van der Waals surface area contributed by atoms with Crippen molar-refractivity contribution >= 4 is 11.9 Å². The largest absolute Gasteiger partial charge is 0.481 e. The number of carbonyl (C=O) groups is 2. The van der Waals surface area contributed by atoms with E-state index in [1.54, 1.807) is 0 Å². The van der Waals surface area contributed by atoms with Crippen LogP contribution in [0.4, 0.5) is 0 Å². The zero-order valence-corrected chi connectivity index (χ0v) is 21.9. The summed E-state index contributed by atoms with van der Waals surface area (Å²) in [6.45, 7) is 6.54. The highest BCUT2D eigenvalue weighted by Gasteiger charge is 2.39. The molecular formula is C29H38N2O7. The first-order chi connectivity index (χ1) is 18.4. The second kappa shape index (κ2) is 13.8. The Morgan fingerprint density at radius 2 is 1.61 bits per heavy atom. The van der Waals surface area contributed by atoms with Crippen molar-refractivity contribution in [3.05, 3.63) is 70.8 Å². The zero-order valence-electron chi connectivity index (χ0n) is 21.9. The van der Waals surface area contributed by atoms with Crippen LogP contribution in [-0.4, -0.2) is 65.9 Å². The number of hydrogen-bond acceptors (Lipinski definition) is 7. The number of aliphatic hydroxyl groups is 1. The molecule has 4 atom stereocenters. The molecule has 2 aromatic carbocycles. The minimum atomic E-state index is -0.897. The number of amides is 1. The molecule has 9 heteroatoms. The van der Waals surface area contributed by atoms with E-state index in [2.05, 4.69) is 17.1 Å². The Kier molecular flexibility index (Phi) is 10.3. The molecule has 0 unspecified atom stereocenters. The van der Waals surface area contributed by atoms with Gasteiger partial charge in [-0.2, -0.15) is 0 Å². The van der Waals surface area contributed by atoms with Gasteiger partial charge in [0, 0.05) is 50.5 Å². The predicted octanol–water partition coefficient (Wildman–Crippen LogP) is 3.17. The van der Waals surface area contributed by atoms with Gasteiger partial charge in [0.15, 0.2) is 6.29 Å². The predicted molar refractivity (Wildman–Crippen MR) is 140 cm³/mol. The average Bonchev–Trinajstić information content (AvgIpc) is 2.94. The van der Waals surface area contributed by atoms with Crippen LogP contribution in [0, 0.1) is 5.92 Å². The molecule has 2 heterocycles. The van der Waals surface area contributed by atoms with Crippen molar-refractivity contribution in [2.75, 3.05) is 32.8 Å². The van der Waals surface area contributed by atoms with Gasteiger partial charge in [0.2, 0.25) is 5.91 Å². The number of hydrogen-bond donors (Lipinski definition) is 3. The lowest BCUT2D eigenvalue weighted by Crippen LogP contribution is -2.47. The lowest BCUT2D eigenvalue weighted by atomic mass is 9.90. The van der Waals surface area contributed by atoms with Crippen LogP contribution in [0.25, 0.3) is 0 Å². The number of carbonyl (C=O) groups excluding carboxylic acids is 1. The standard InChI is InChI=1S/C29H38N2O7/c1-20-25(18-31-13-15-36-16-14-31)37-29(38-28(20)23-9-7-22(19-32)8-10-23)24-11-5-21(6-12-24)17-30-26(33)3-2-4-27(34)35/h5-12,20,25,28-29,32H,2-4,13-19H2,1H3,(H,30,33)(H,34,35)/t20-,25+,28+,29+/m0/s1. The molecule has 0 spiro atoms. The summed E-state index contributed by atoms with van der Waals surface area (Å²) < 4.78 is 18.6. The molecule has 0 radical (unpaired) electrons. The van der Waals surface area contributed by atoms with E-state index in [0.717, 1.165) is 55.1 Å². The van der Waals surface area contributed by atoms with E-state index < -0.39 is 12.3 Å². The summed E-state index contributed by atoms with van der Waals surface area (Å²) in [6, 6.07) is 15.7. The third-order valence-electron chi connectivity index (χ3n) is 7.20. The summed E-state index contributed by atoms with van der Waals surface area (Å²) in [6.07, 6.45) is -0.251. The molecule has 1 amide bonds. The Hall–Kier alpha value is -2.82. The summed E-state index contributed by atoms with van der Waals surface area (Å²) in [4.78, 5) is 25.0. The number of carboxylic acids is 1. The van der Waals surface area contributed by atoms with E-state index in [1.807, 2.05) is 48.5 Å². The molecule has 4 rings (SSSR count). The number of morpholine rings is 1. The first kappa shape index (κ1) is 28.2. The van der Waals surface area contributed by atoms with Gasteiger partial charge in [0.25, 0.3) is 0 Å². The van der Waals surface area contributed by atoms with Crippen LogP contribution in [0.2, 0.25) is 0 Å². The number of nitrogens with one attached hydrogen (secondary N) is 1. The van der Waals surface area contributed by atoms with Gasteiger partial charge < -0.3 is 29.7 Å². The third kappa shape index (κ3) is 7.85. The maximum atomic E-state index is 12.0. The second-order valence-corrected chi connectivity index (χ2v) is 10.0. The smallest absolute Gasteiger partial charge is 0.303 e. The number of benzene rings is 2. The molecular weight excluding hydrogens is 488 g/mol. The number of nitrogens with zero attached hydrogens (tertiary/aromatic N) is 1. The van der Waals surface area contributed by atoms with E-state index in [0.29, 0.717) is 13.0 Å². The summed E-state index contributed by atoms with van der Waals surface area (Å²) in [5.74, 6) is -0.944. The summed E-state index contributed by atoms with van der Waals surface area (Å²) in [7, 11) is 0. The third-order valence-corrected chi connectivity index (χ3v) is 7.20. The van der Waals surface area contributed by atoms with Crippen LogP contribution >= 0.6 is 0 Å². The second-order valence-electron chi connectivity index (χ2n) is 10.0. The highest BCUT2D eigenvalue weighted by atomic mass is 16.7. The van der Waals surface area contributed by atoms with E-state index >= 15 is 0 Å². The lowest BCUT2D eigenvalue weighted by Gasteiger charge is -2.43.